The van der Waals surface area contributed by atoms with Gasteiger partial charge >= 0.3 is 5.97 Å². The third-order valence-corrected chi connectivity index (χ3v) is 9.60. The first-order valence-corrected chi connectivity index (χ1v) is 15.4. The van der Waals surface area contributed by atoms with Gasteiger partial charge in [0.15, 0.2) is 6.29 Å². The molecule has 0 spiro atoms. The van der Waals surface area contributed by atoms with Crippen LogP contribution in [0.5, 0.6) is 0 Å². The van der Waals surface area contributed by atoms with Crippen LogP contribution in [0.4, 0.5) is 0 Å². The zero-order valence-electron chi connectivity index (χ0n) is 26.6. The van der Waals surface area contributed by atoms with Crippen molar-refractivity contribution >= 4 is 5.97 Å². The van der Waals surface area contributed by atoms with Crippen molar-refractivity contribution in [3.8, 4) is 0 Å². The van der Waals surface area contributed by atoms with Crippen molar-refractivity contribution < 1.29 is 33.2 Å². The van der Waals surface area contributed by atoms with E-state index in [1.165, 1.54) is 7.11 Å². The Morgan fingerprint density at radius 1 is 1.14 bits per heavy atom. The monoisotopic (exact) mass is 589 g/mol. The van der Waals surface area contributed by atoms with Crippen LogP contribution in [-0.2, 0) is 39.8 Å². The van der Waals surface area contributed by atoms with Gasteiger partial charge in [-0.3, -0.25) is 0 Å². The zero-order chi connectivity index (χ0) is 30.9. The van der Waals surface area contributed by atoms with Crippen molar-refractivity contribution in [2.75, 3.05) is 26.9 Å². The second kappa shape index (κ2) is 16.0. The van der Waals surface area contributed by atoms with Crippen LogP contribution in [0.3, 0.4) is 0 Å². The van der Waals surface area contributed by atoms with E-state index in [4.69, 9.17) is 34.0 Å². The molecule has 0 saturated carbocycles. The van der Waals surface area contributed by atoms with E-state index in [1.54, 1.807) is 0 Å². The number of hydrogen-bond donors (Lipinski definition) is 0. The molecule has 2 fully saturated rings. The van der Waals surface area contributed by atoms with Crippen molar-refractivity contribution in [3.05, 3.63) is 46.3 Å². The number of ether oxygens (including phenoxy) is 6. The molecule has 0 bridgehead atoms. The van der Waals surface area contributed by atoms with Gasteiger partial charge in [0.2, 0.25) is 0 Å². The largest absolute Gasteiger partial charge is 0.465 e. The third kappa shape index (κ3) is 8.24. The number of methoxy groups -OCH3 is 1. The minimum Gasteiger partial charge on any atom is -0.465 e. The van der Waals surface area contributed by atoms with Gasteiger partial charge in [-0.05, 0) is 40.7 Å². The number of azide groups is 1. The summed E-state index contributed by atoms with van der Waals surface area (Å²) < 4.78 is 37.5. The fourth-order valence-corrected chi connectivity index (χ4v) is 6.11. The summed E-state index contributed by atoms with van der Waals surface area (Å²) in [5.41, 5.74) is 9.67. The Balaban J connectivity index is 1.89. The summed E-state index contributed by atoms with van der Waals surface area (Å²) in [4.78, 5) is 16.4. The predicted molar refractivity (Wildman–Crippen MR) is 159 cm³/mol. The highest BCUT2D eigenvalue weighted by Crippen LogP contribution is 2.45. The molecule has 2 aliphatic rings. The van der Waals surface area contributed by atoms with Gasteiger partial charge in [-0.25, -0.2) is 4.79 Å². The van der Waals surface area contributed by atoms with E-state index >= 15 is 0 Å². The van der Waals surface area contributed by atoms with Crippen LogP contribution in [0.1, 0.15) is 66.9 Å². The Kier molecular flexibility index (Phi) is 13.1. The molecule has 2 heterocycles. The van der Waals surface area contributed by atoms with Gasteiger partial charge in [-0.2, -0.15) is 0 Å². The number of esters is 1. The summed E-state index contributed by atoms with van der Waals surface area (Å²) in [5, 5.41) is 3.57. The van der Waals surface area contributed by atoms with E-state index in [1.807, 2.05) is 37.3 Å². The molecule has 1 aromatic carbocycles. The predicted octanol–water partition coefficient (Wildman–Crippen LogP) is 6.53. The Morgan fingerprint density at radius 2 is 1.86 bits per heavy atom. The molecule has 0 radical (unpaired) electrons. The van der Waals surface area contributed by atoms with Crippen LogP contribution in [0.15, 0.2) is 35.4 Å². The third-order valence-electron chi connectivity index (χ3n) is 9.60. The smallest absolute Gasteiger partial charge is 0.366 e. The minimum absolute atomic E-state index is 0.0845. The molecular weight excluding hydrogens is 538 g/mol. The molecule has 2 saturated heterocycles. The number of benzene rings is 1. The lowest BCUT2D eigenvalue weighted by Crippen LogP contribution is -2.62. The second-order valence-corrected chi connectivity index (χ2v) is 12.3. The first kappa shape index (κ1) is 34.3. The summed E-state index contributed by atoms with van der Waals surface area (Å²) in [7, 11) is 1.38. The zero-order valence-corrected chi connectivity index (χ0v) is 26.6. The molecule has 0 amide bonds. The lowest BCUT2D eigenvalue weighted by Gasteiger charge is -2.51. The molecule has 10 nitrogen and oxygen atoms in total. The molecule has 11 atom stereocenters. The molecule has 0 aromatic heterocycles. The van der Waals surface area contributed by atoms with Crippen molar-refractivity contribution in [1.82, 2.24) is 0 Å². The number of hydrogen-bond acceptors (Lipinski definition) is 8. The molecule has 0 aliphatic carbocycles. The Morgan fingerprint density at radius 3 is 2.50 bits per heavy atom. The maximum atomic E-state index is 13.6. The average Bonchev–Trinajstić information content (AvgIpc) is 3.00. The molecule has 2 aliphatic heterocycles. The summed E-state index contributed by atoms with van der Waals surface area (Å²) in [6, 6.07) is 9.92. The fraction of sp³-hybridized carbons (Fsp3) is 0.781. The summed E-state index contributed by atoms with van der Waals surface area (Å²) in [6.07, 6.45) is -0.420. The lowest BCUT2D eigenvalue weighted by atomic mass is 9.74. The fourth-order valence-electron chi connectivity index (χ4n) is 6.11. The second-order valence-electron chi connectivity index (χ2n) is 12.3. The molecule has 1 aromatic rings. The summed E-state index contributed by atoms with van der Waals surface area (Å²) >= 11 is 0. The topological polar surface area (TPSA) is 121 Å². The van der Waals surface area contributed by atoms with Gasteiger partial charge in [0.1, 0.15) is 6.10 Å². The molecule has 42 heavy (non-hydrogen) atoms. The maximum Gasteiger partial charge on any atom is 0.366 e. The van der Waals surface area contributed by atoms with Crippen LogP contribution in [0.25, 0.3) is 10.4 Å². The number of carbonyl (C=O) groups excluding carboxylic acids is 1. The Labute approximate surface area is 251 Å². The van der Waals surface area contributed by atoms with Crippen LogP contribution < -0.4 is 0 Å². The minimum atomic E-state index is -1.57. The normalized spacial score (nSPS) is 34.7. The van der Waals surface area contributed by atoms with Crippen LogP contribution in [0, 0.1) is 35.5 Å². The van der Waals surface area contributed by atoms with Crippen LogP contribution in [-0.4, -0.2) is 63.2 Å². The van der Waals surface area contributed by atoms with Crippen LogP contribution in [0.2, 0.25) is 0 Å². The van der Waals surface area contributed by atoms with Gasteiger partial charge in [0, 0.05) is 23.8 Å². The summed E-state index contributed by atoms with van der Waals surface area (Å²) in [6.45, 7) is 16.1. The van der Waals surface area contributed by atoms with E-state index in [9.17, 15) is 4.79 Å². The molecule has 10 heteroatoms. The SMILES string of the molecule is CC[C@@H](C)[C@@H](C)C1O[C@@](O[C@@H]2C(COCc3ccccc3)O[C@@H](OCCN=[N+]=[N-])C(C)[C@H]2C)(C(=O)OC)C[C@@H](C)[C@H]1C. The number of rotatable bonds is 14. The summed E-state index contributed by atoms with van der Waals surface area (Å²) in [5.74, 6) is -1.23. The molecule has 3 rings (SSSR count). The Bertz CT molecular complexity index is 1020. The maximum absolute atomic E-state index is 13.6. The van der Waals surface area contributed by atoms with E-state index < -0.39 is 30.3 Å². The highest BCUT2D eigenvalue weighted by Gasteiger charge is 2.56. The van der Waals surface area contributed by atoms with Gasteiger partial charge < -0.3 is 28.4 Å². The first-order valence-electron chi connectivity index (χ1n) is 15.4. The van der Waals surface area contributed by atoms with Crippen molar-refractivity contribution in [2.24, 2.45) is 40.6 Å². The first-order chi connectivity index (χ1) is 20.1. The van der Waals surface area contributed by atoms with Crippen molar-refractivity contribution in [3.63, 3.8) is 0 Å². The number of nitrogens with zero attached hydrogens (tertiary/aromatic N) is 3. The quantitative estimate of drug-likeness (QED) is 0.0795. The molecule has 0 N–H and O–H groups in total. The van der Waals surface area contributed by atoms with E-state index in [-0.39, 0.29) is 55.5 Å². The van der Waals surface area contributed by atoms with Gasteiger partial charge in [-0.1, -0.05) is 90.3 Å². The van der Waals surface area contributed by atoms with E-state index in [0.717, 1.165) is 12.0 Å². The standard InChI is InChI=1S/C32H51N3O7/c1-9-20(2)22(4)28-23(5)21(3)17-32(41-28,31(36)37-8)42-29-24(6)25(7)30(39-16-15-34-35-33)40-27(29)19-38-18-26-13-11-10-12-14-26/h10-14,20-25,27-30H,9,15-19H2,1-8H3/t20-,21-,22-,23-,24-,25?,27?,28?,29+,30-,32+/m1/s1. The Hall–Kier alpha value is -2.20. The molecule has 236 valence electrons. The highest BCUT2D eigenvalue weighted by molar-refractivity contribution is 5.78. The van der Waals surface area contributed by atoms with Crippen molar-refractivity contribution in [2.45, 2.75) is 98.3 Å². The van der Waals surface area contributed by atoms with Crippen LogP contribution >= 0.6 is 0 Å². The number of carbonyl (C=O) groups is 1. The lowest BCUT2D eigenvalue weighted by molar-refractivity contribution is -0.355. The van der Waals surface area contributed by atoms with E-state index in [2.05, 4.69) is 51.6 Å². The molecular formula is C32H51N3O7. The van der Waals surface area contributed by atoms with E-state index in [0.29, 0.717) is 18.9 Å². The van der Waals surface area contributed by atoms with Gasteiger partial charge in [-0.15, -0.1) is 0 Å². The average molecular weight is 590 g/mol. The highest BCUT2D eigenvalue weighted by atomic mass is 16.8. The van der Waals surface area contributed by atoms with Crippen molar-refractivity contribution in [1.29, 1.82) is 0 Å². The molecule has 3 unspecified atom stereocenters. The van der Waals surface area contributed by atoms with Gasteiger partial charge in [0.05, 0.1) is 39.1 Å². The van der Waals surface area contributed by atoms with Gasteiger partial charge in [0.25, 0.3) is 5.79 Å².